The summed E-state index contributed by atoms with van der Waals surface area (Å²) < 4.78 is 27.9. The van der Waals surface area contributed by atoms with Gasteiger partial charge in [-0.15, -0.1) is 0 Å². The zero-order valence-electron chi connectivity index (χ0n) is 18.7. The quantitative estimate of drug-likeness (QED) is 0.651. The summed E-state index contributed by atoms with van der Waals surface area (Å²) in [6, 6.07) is 8.86. The van der Waals surface area contributed by atoms with Crippen molar-refractivity contribution in [2.45, 2.75) is 77.7 Å². The van der Waals surface area contributed by atoms with Gasteiger partial charge in [0.25, 0.3) is 10.0 Å². The summed E-state index contributed by atoms with van der Waals surface area (Å²) in [6.07, 6.45) is 0.629. The number of rotatable bonds is 8. The lowest BCUT2D eigenvalue weighted by atomic mass is 9.85. The van der Waals surface area contributed by atoms with E-state index < -0.39 is 15.9 Å². The first kappa shape index (κ1) is 24.1. The van der Waals surface area contributed by atoms with Gasteiger partial charge in [-0.05, 0) is 65.1 Å². The lowest BCUT2D eigenvalue weighted by Gasteiger charge is -2.21. The molecule has 164 valence electrons. The van der Waals surface area contributed by atoms with E-state index in [2.05, 4.69) is 44.5 Å². The van der Waals surface area contributed by atoms with Crippen molar-refractivity contribution in [3.05, 3.63) is 63.7 Å². The summed E-state index contributed by atoms with van der Waals surface area (Å²) in [5.41, 5.74) is 5.47. The highest BCUT2D eigenvalue weighted by Gasteiger charge is 2.22. The molecule has 2 aromatic carbocycles. The van der Waals surface area contributed by atoms with Crippen molar-refractivity contribution in [1.82, 2.24) is 4.72 Å². The largest absolute Gasteiger partial charge is 0.392 e. The molecule has 0 aliphatic heterocycles. The van der Waals surface area contributed by atoms with Crippen LogP contribution >= 0.6 is 0 Å². The number of carbonyl (C=O) groups excluding carboxylic acids is 1. The third-order valence-electron chi connectivity index (χ3n) is 5.22. The van der Waals surface area contributed by atoms with Crippen LogP contribution in [-0.4, -0.2) is 19.4 Å². The van der Waals surface area contributed by atoms with Gasteiger partial charge in [-0.2, -0.15) is 0 Å². The SMILES string of the molecule is CCc1cc(CO)cc(S(=O)(=O)NC(=O)Cc2c(C(C)C)cc(C)cc2C(C)C)c1. The van der Waals surface area contributed by atoms with Gasteiger partial charge >= 0.3 is 0 Å². The van der Waals surface area contributed by atoms with Crippen molar-refractivity contribution < 1.29 is 18.3 Å². The molecule has 0 saturated heterocycles. The smallest absolute Gasteiger partial charge is 0.264 e. The maximum absolute atomic E-state index is 12.8. The average molecular weight is 432 g/mol. The summed E-state index contributed by atoms with van der Waals surface area (Å²) in [4.78, 5) is 12.8. The monoisotopic (exact) mass is 431 g/mol. The van der Waals surface area contributed by atoms with Crippen LogP contribution in [0, 0.1) is 6.92 Å². The van der Waals surface area contributed by atoms with Crippen LogP contribution in [0.4, 0.5) is 0 Å². The van der Waals surface area contributed by atoms with Crippen LogP contribution < -0.4 is 4.72 Å². The van der Waals surface area contributed by atoms with Gasteiger partial charge < -0.3 is 5.11 Å². The minimum absolute atomic E-state index is 0.000855. The van der Waals surface area contributed by atoms with Crippen LogP contribution in [0.1, 0.15) is 79.8 Å². The van der Waals surface area contributed by atoms with E-state index in [0.29, 0.717) is 12.0 Å². The van der Waals surface area contributed by atoms with Crippen molar-refractivity contribution in [1.29, 1.82) is 0 Å². The average Bonchev–Trinajstić information content (AvgIpc) is 2.67. The minimum atomic E-state index is -4.03. The Morgan fingerprint density at radius 2 is 1.50 bits per heavy atom. The van der Waals surface area contributed by atoms with Gasteiger partial charge in [0, 0.05) is 0 Å². The molecule has 2 rings (SSSR count). The predicted molar refractivity (Wildman–Crippen MR) is 120 cm³/mol. The number of carbonyl (C=O) groups is 1. The molecule has 0 heterocycles. The predicted octanol–water partition coefficient (Wildman–Crippen LogP) is 4.34. The molecule has 0 aliphatic rings. The topological polar surface area (TPSA) is 83.5 Å². The summed E-state index contributed by atoms with van der Waals surface area (Å²) in [5, 5.41) is 9.43. The van der Waals surface area contributed by atoms with E-state index in [4.69, 9.17) is 0 Å². The molecular weight excluding hydrogens is 398 g/mol. The van der Waals surface area contributed by atoms with E-state index in [1.54, 1.807) is 12.1 Å². The number of aryl methyl sites for hydroxylation is 2. The minimum Gasteiger partial charge on any atom is -0.392 e. The zero-order chi connectivity index (χ0) is 22.6. The number of aliphatic hydroxyl groups is 1. The Balaban J connectivity index is 2.38. The molecule has 30 heavy (non-hydrogen) atoms. The molecule has 0 aromatic heterocycles. The first-order valence-corrected chi connectivity index (χ1v) is 11.9. The van der Waals surface area contributed by atoms with E-state index in [9.17, 15) is 18.3 Å². The van der Waals surface area contributed by atoms with Crippen LogP contribution in [0.25, 0.3) is 0 Å². The molecule has 2 aromatic rings. The fourth-order valence-electron chi connectivity index (χ4n) is 3.69. The Kier molecular flexibility index (Phi) is 7.83. The Morgan fingerprint density at radius 1 is 0.967 bits per heavy atom. The number of hydrogen-bond donors (Lipinski definition) is 2. The summed E-state index contributed by atoms with van der Waals surface area (Å²) >= 11 is 0. The van der Waals surface area contributed by atoms with Gasteiger partial charge in [0.05, 0.1) is 17.9 Å². The number of amides is 1. The number of hydrogen-bond acceptors (Lipinski definition) is 4. The molecule has 0 saturated carbocycles. The van der Waals surface area contributed by atoms with Crippen LogP contribution in [0.2, 0.25) is 0 Å². The second kappa shape index (κ2) is 9.75. The molecule has 0 fully saturated rings. The van der Waals surface area contributed by atoms with E-state index >= 15 is 0 Å². The van der Waals surface area contributed by atoms with Crippen LogP contribution in [0.15, 0.2) is 35.2 Å². The van der Waals surface area contributed by atoms with Gasteiger partial charge in [-0.1, -0.05) is 58.4 Å². The van der Waals surface area contributed by atoms with Gasteiger partial charge in [0.2, 0.25) is 5.91 Å². The molecule has 0 atom stereocenters. The summed E-state index contributed by atoms with van der Waals surface area (Å²) in [5.74, 6) is -0.125. The molecule has 5 nitrogen and oxygen atoms in total. The Bertz CT molecular complexity index is 972. The first-order chi connectivity index (χ1) is 14.0. The van der Waals surface area contributed by atoms with Crippen molar-refractivity contribution in [2.75, 3.05) is 0 Å². The van der Waals surface area contributed by atoms with Crippen LogP contribution in [0.3, 0.4) is 0 Å². The second-order valence-corrected chi connectivity index (χ2v) is 10.1. The van der Waals surface area contributed by atoms with E-state index in [0.717, 1.165) is 27.8 Å². The van der Waals surface area contributed by atoms with E-state index in [1.807, 2.05) is 13.8 Å². The second-order valence-electron chi connectivity index (χ2n) is 8.43. The Morgan fingerprint density at radius 3 is 1.97 bits per heavy atom. The number of aliphatic hydroxyl groups excluding tert-OH is 1. The molecule has 0 aliphatic carbocycles. The molecule has 0 spiro atoms. The highest BCUT2D eigenvalue weighted by atomic mass is 32.2. The maximum atomic E-state index is 12.8. The third kappa shape index (κ3) is 5.70. The highest BCUT2D eigenvalue weighted by Crippen LogP contribution is 2.30. The molecule has 0 bridgehead atoms. The van der Waals surface area contributed by atoms with Gasteiger partial charge in [0.15, 0.2) is 0 Å². The lowest BCUT2D eigenvalue weighted by molar-refractivity contribution is -0.118. The van der Waals surface area contributed by atoms with Gasteiger partial charge in [0.1, 0.15) is 0 Å². The standard InChI is InChI=1S/C24H33NO4S/c1-7-18-10-19(14-26)12-20(11-18)30(28,29)25-24(27)13-23-21(15(2)3)8-17(6)9-22(23)16(4)5/h8-12,15-16,26H,7,13-14H2,1-6H3,(H,25,27). The van der Waals surface area contributed by atoms with E-state index in [-0.39, 0.29) is 29.8 Å². The molecule has 1 amide bonds. The first-order valence-electron chi connectivity index (χ1n) is 10.4. The molecule has 2 N–H and O–H groups in total. The van der Waals surface area contributed by atoms with Crippen molar-refractivity contribution in [2.24, 2.45) is 0 Å². The van der Waals surface area contributed by atoms with E-state index in [1.165, 1.54) is 6.07 Å². The molecule has 0 radical (unpaired) electrons. The Labute approximate surface area is 180 Å². The Hall–Kier alpha value is -2.18. The fraction of sp³-hybridized carbons (Fsp3) is 0.458. The lowest BCUT2D eigenvalue weighted by Crippen LogP contribution is -2.32. The molecular formula is C24H33NO4S. The zero-order valence-corrected chi connectivity index (χ0v) is 19.6. The van der Waals surface area contributed by atoms with Crippen molar-refractivity contribution in [3.63, 3.8) is 0 Å². The van der Waals surface area contributed by atoms with Crippen molar-refractivity contribution in [3.8, 4) is 0 Å². The third-order valence-corrected chi connectivity index (χ3v) is 6.57. The van der Waals surface area contributed by atoms with Crippen LogP contribution in [-0.2, 0) is 34.3 Å². The molecule has 0 unspecified atom stereocenters. The highest BCUT2D eigenvalue weighted by molar-refractivity contribution is 7.90. The summed E-state index contributed by atoms with van der Waals surface area (Å²) in [6.45, 7) is 12.0. The van der Waals surface area contributed by atoms with Gasteiger partial charge in [-0.25, -0.2) is 13.1 Å². The normalized spacial score (nSPS) is 11.9. The van der Waals surface area contributed by atoms with Crippen molar-refractivity contribution >= 4 is 15.9 Å². The summed E-state index contributed by atoms with van der Waals surface area (Å²) in [7, 11) is -4.03. The van der Waals surface area contributed by atoms with Gasteiger partial charge in [-0.3, -0.25) is 4.79 Å². The maximum Gasteiger partial charge on any atom is 0.264 e. The number of sulfonamides is 1. The number of benzene rings is 2. The number of nitrogens with one attached hydrogen (secondary N) is 1. The fourth-order valence-corrected chi connectivity index (χ4v) is 4.79. The molecule has 6 heteroatoms. The van der Waals surface area contributed by atoms with Crippen LogP contribution in [0.5, 0.6) is 0 Å².